The molecule has 0 spiro atoms. The van der Waals surface area contributed by atoms with E-state index < -0.39 is 48.4 Å². The molecule has 4 unspecified atom stereocenters. The number of hydrogen-bond acceptors (Lipinski definition) is 7. The second-order valence-electron chi connectivity index (χ2n) is 7.21. The highest BCUT2D eigenvalue weighted by Gasteiger charge is 2.28. The van der Waals surface area contributed by atoms with E-state index >= 15 is 0 Å². The van der Waals surface area contributed by atoms with Crippen molar-refractivity contribution in [2.75, 3.05) is 12.3 Å². The minimum Gasteiger partial charge on any atom is -0.508 e. The van der Waals surface area contributed by atoms with Crippen molar-refractivity contribution < 1.29 is 29.4 Å². The Hall–Kier alpha value is -2.79. The van der Waals surface area contributed by atoms with E-state index in [1.807, 2.05) is 6.92 Å². The molecule has 0 aromatic heterocycles. The van der Waals surface area contributed by atoms with Crippen LogP contribution in [0.1, 0.15) is 25.8 Å². The van der Waals surface area contributed by atoms with Gasteiger partial charge in [0.05, 0.1) is 12.6 Å². The summed E-state index contributed by atoms with van der Waals surface area (Å²) >= 11 is 3.85. The van der Waals surface area contributed by atoms with Crippen LogP contribution >= 0.6 is 12.6 Å². The number of nitrogens with one attached hydrogen (secondary N) is 3. The zero-order valence-corrected chi connectivity index (χ0v) is 18.4. The number of carbonyl (C=O) groups excluding carboxylic acids is 3. The molecule has 0 aliphatic rings. The third-order valence-corrected chi connectivity index (χ3v) is 5.13. The molecule has 7 N–H and O–H groups in total. The lowest BCUT2D eigenvalue weighted by Gasteiger charge is -2.25. The van der Waals surface area contributed by atoms with Crippen LogP contribution in [0.3, 0.4) is 0 Å². The molecule has 0 saturated carbocycles. The van der Waals surface area contributed by atoms with Gasteiger partial charge in [-0.2, -0.15) is 12.6 Å². The van der Waals surface area contributed by atoms with E-state index in [9.17, 15) is 24.3 Å². The summed E-state index contributed by atoms with van der Waals surface area (Å²) in [4.78, 5) is 48.0. The van der Waals surface area contributed by atoms with Gasteiger partial charge in [0, 0.05) is 5.75 Å². The number of carboxylic acid groups (broad SMARTS) is 1. The fourth-order valence-corrected chi connectivity index (χ4v) is 2.90. The minimum atomic E-state index is -1.23. The van der Waals surface area contributed by atoms with E-state index in [4.69, 9.17) is 10.8 Å². The average molecular weight is 455 g/mol. The second kappa shape index (κ2) is 12.8. The molecule has 1 aromatic carbocycles. The maximum absolute atomic E-state index is 12.6. The topological polar surface area (TPSA) is 171 Å². The van der Waals surface area contributed by atoms with Crippen LogP contribution in [0.5, 0.6) is 5.75 Å². The molecular weight excluding hydrogens is 424 g/mol. The van der Waals surface area contributed by atoms with Crippen molar-refractivity contribution in [2.24, 2.45) is 11.7 Å². The molecule has 31 heavy (non-hydrogen) atoms. The summed E-state index contributed by atoms with van der Waals surface area (Å²) in [6.45, 7) is 3.18. The summed E-state index contributed by atoms with van der Waals surface area (Å²) in [5, 5.41) is 25.6. The zero-order valence-electron chi connectivity index (χ0n) is 17.5. The lowest BCUT2D eigenvalue weighted by Crippen LogP contribution is -2.56. The van der Waals surface area contributed by atoms with Gasteiger partial charge in [0.15, 0.2) is 0 Å². The predicted octanol–water partition coefficient (Wildman–Crippen LogP) is -0.592. The first-order valence-corrected chi connectivity index (χ1v) is 10.5. The summed E-state index contributed by atoms with van der Waals surface area (Å²) in [7, 11) is 0. The van der Waals surface area contributed by atoms with Crippen LogP contribution in [0.15, 0.2) is 24.3 Å². The molecule has 0 radical (unpaired) electrons. The highest BCUT2D eigenvalue weighted by atomic mass is 32.1. The van der Waals surface area contributed by atoms with Gasteiger partial charge in [-0.15, -0.1) is 0 Å². The van der Waals surface area contributed by atoms with Gasteiger partial charge in [-0.05, 0) is 30.0 Å². The maximum atomic E-state index is 12.6. The molecule has 0 heterocycles. The first-order valence-electron chi connectivity index (χ1n) is 9.83. The fraction of sp³-hybridized carbons (Fsp3) is 0.500. The van der Waals surface area contributed by atoms with Gasteiger partial charge >= 0.3 is 5.97 Å². The first-order chi connectivity index (χ1) is 14.6. The van der Waals surface area contributed by atoms with Crippen molar-refractivity contribution in [3.8, 4) is 5.75 Å². The van der Waals surface area contributed by atoms with Gasteiger partial charge in [0.25, 0.3) is 0 Å². The third-order valence-electron chi connectivity index (χ3n) is 4.76. The number of rotatable bonds is 12. The minimum absolute atomic E-state index is 0.0977. The molecule has 1 aromatic rings. The van der Waals surface area contributed by atoms with Crippen LogP contribution in [-0.2, 0) is 25.6 Å². The Morgan fingerprint density at radius 3 is 2.23 bits per heavy atom. The number of nitrogens with two attached hydrogens (primary N) is 1. The Labute approximate surface area is 186 Å². The number of phenols is 1. The van der Waals surface area contributed by atoms with E-state index in [2.05, 4.69) is 28.6 Å². The zero-order chi connectivity index (χ0) is 23.6. The monoisotopic (exact) mass is 454 g/mol. The molecular formula is C20H30N4O6S. The Morgan fingerprint density at radius 2 is 1.71 bits per heavy atom. The highest BCUT2D eigenvalue weighted by Crippen LogP contribution is 2.12. The lowest BCUT2D eigenvalue weighted by atomic mass is 9.97. The number of amides is 3. The Morgan fingerprint density at radius 1 is 1.10 bits per heavy atom. The Kier molecular flexibility index (Phi) is 10.8. The highest BCUT2D eigenvalue weighted by molar-refractivity contribution is 7.80. The van der Waals surface area contributed by atoms with Crippen molar-refractivity contribution >= 4 is 36.3 Å². The molecule has 0 aliphatic heterocycles. The van der Waals surface area contributed by atoms with Crippen molar-refractivity contribution in [1.82, 2.24) is 16.0 Å². The van der Waals surface area contributed by atoms with Crippen molar-refractivity contribution in [3.63, 3.8) is 0 Å². The average Bonchev–Trinajstić information content (AvgIpc) is 2.74. The van der Waals surface area contributed by atoms with E-state index in [1.165, 1.54) is 12.1 Å². The summed E-state index contributed by atoms with van der Waals surface area (Å²) in [6.07, 6.45) is 0.794. The number of aliphatic carboxylic acids is 1. The summed E-state index contributed by atoms with van der Waals surface area (Å²) in [5.74, 6) is -3.26. The number of benzene rings is 1. The normalized spacial score (nSPS) is 14.6. The van der Waals surface area contributed by atoms with E-state index in [-0.39, 0.29) is 23.8 Å². The van der Waals surface area contributed by atoms with Crippen LogP contribution in [0, 0.1) is 5.92 Å². The maximum Gasteiger partial charge on any atom is 0.327 e. The molecule has 0 aliphatic carbocycles. The van der Waals surface area contributed by atoms with Gasteiger partial charge < -0.3 is 31.9 Å². The van der Waals surface area contributed by atoms with Crippen molar-refractivity contribution in [2.45, 2.75) is 44.8 Å². The fourth-order valence-electron chi connectivity index (χ4n) is 2.65. The van der Waals surface area contributed by atoms with Crippen LogP contribution in [0.25, 0.3) is 0 Å². The van der Waals surface area contributed by atoms with Gasteiger partial charge in [-0.1, -0.05) is 32.4 Å². The predicted molar refractivity (Wildman–Crippen MR) is 118 cm³/mol. The summed E-state index contributed by atoms with van der Waals surface area (Å²) < 4.78 is 0. The quantitative estimate of drug-likeness (QED) is 0.207. The molecule has 3 amide bonds. The van der Waals surface area contributed by atoms with Crippen LogP contribution < -0.4 is 21.7 Å². The van der Waals surface area contributed by atoms with Crippen molar-refractivity contribution in [1.29, 1.82) is 0 Å². The van der Waals surface area contributed by atoms with E-state index in [0.29, 0.717) is 6.42 Å². The van der Waals surface area contributed by atoms with Gasteiger partial charge in [0.2, 0.25) is 17.7 Å². The van der Waals surface area contributed by atoms with Gasteiger partial charge in [-0.25, -0.2) is 4.79 Å². The lowest BCUT2D eigenvalue weighted by molar-refractivity contribution is -0.141. The van der Waals surface area contributed by atoms with Gasteiger partial charge in [0.1, 0.15) is 17.8 Å². The van der Waals surface area contributed by atoms with Gasteiger partial charge in [-0.3, -0.25) is 14.4 Å². The number of phenolic OH excluding ortho intramolecular Hbond substituents is 1. The molecule has 0 fully saturated rings. The summed E-state index contributed by atoms with van der Waals surface area (Å²) in [5.41, 5.74) is 6.71. The van der Waals surface area contributed by atoms with Crippen LogP contribution in [0.2, 0.25) is 0 Å². The number of carboxylic acids is 1. The SMILES string of the molecule is CCC(C)C(NC(=O)C(N)Cc1ccc(O)cc1)C(=O)NCC(=O)NC(CS)C(=O)O. The number of aromatic hydroxyl groups is 1. The Bertz CT molecular complexity index is 773. The van der Waals surface area contributed by atoms with E-state index in [1.54, 1.807) is 19.1 Å². The standard InChI is InChI=1S/C20H30N4O6S/c1-3-11(2)17(19(28)22-9-16(26)23-15(10-31)20(29)30)24-18(27)14(21)8-12-4-6-13(25)7-5-12/h4-7,11,14-15,17,25,31H,3,8-10,21H2,1-2H3,(H,22,28)(H,23,26)(H,24,27)(H,29,30). The Balaban J connectivity index is 2.69. The smallest absolute Gasteiger partial charge is 0.327 e. The number of thiol groups is 1. The molecule has 10 nitrogen and oxygen atoms in total. The number of hydrogen-bond donors (Lipinski definition) is 7. The second-order valence-corrected chi connectivity index (χ2v) is 7.57. The third kappa shape index (κ3) is 8.85. The molecule has 1 rings (SSSR count). The molecule has 172 valence electrons. The molecule has 0 bridgehead atoms. The van der Waals surface area contributed by atoms with E-state index in [0.717, 1.165) is 5.56 Å². The first kappa shape index (κ1) is 26.2. The van der Waals surface area contributed by atoms with Crippen LogP contribution in [-0.4, -0.2) is 64.3 Å². The molecule has 0 saturated heterocycles. The van der Waals surface area contributed by atoms with Crippen LogP contribution in [0.4, 0.5) is 0 Å². The largest absolute Gasteiger partial charge is 0.508 e. The summed E-state index contributed by atoms with van der Waals surface area (Å²) in [6, 6.07) is 3.27. The van der Waals surface area contributed by atoms with Crippen molar-refractivity contribution in [3.05, 3.63) is 29.8 Å². The molecule has 4 atom stereocenters. The number of carbonyl (C=O) groups is 4. The molecule has 11 heteroatoms.